The van der Waals surface area contributed by atoms with E-state index in [1.165, 1.54) is 25.7 Å². The van der Waals surface area contributed by atoms with Crippen molar-refractivity contribution >= 4 is 0 Å². The number of fused-ring (bicyclic) bond motifs is 1. The molecule has 0 aliphatic heterocycles. The molecule has 0 amide bonds. The lowest BCUT2D eigenvalue weighted by Crippen LogP contribution is -2.05. The third-order valence-electron chi connectivity index (χ3n) is 3.03. The summed E-state index contributed by atoms with van der Waals surface area (Å²) in [5.41, 5.74) is 0. The molecule has 0 N–H and O–H groups in total. The van der Waals surface area contributed by atoms with E-state index in [9.17, 15) is 0 Å². The Bertz CT molecular complexity index is 146. The summed E-state index contributed by atoms with van der Waals surface area (Å²) in [5.74, 6) is 3.01. The van der Waals surface area contributed by atoms with Crippen LogP contribution in [0.4, 0.5) is 0 Å². The van der Waals surface area contributed by atoms with Crippen molar-refractivity contribution in [3.8, 4) is 0 Å². The summed E-state index contributed by atoms with van der Waals surface area (Å²) in [6.45, 7) is 6.65. The van der Waals surface area contributed by atoms with Crippen LogP contribution < -0.4 is 0 Å². The quantitative estimate of drug-likeness (QED) is 0.477. The largest absolute Gasteiger partial charge is 0.0879 e. The van der Waals surface area contributed by atoms with Gasteiger partial charge in [0.25, 0.3) is 0 Å². The highest BCUT2D eigenvalue weighted by atomic mass is 14.4. The molecule has 3 unspecified atom stereocenters. The van der Waals surface area contributed by atoms with Crippen molar-refractivity contribution in [3.05, 3.63) is 12.2 Å². The minimum absolute atomic E-state index is 0.972. The molecule has 12 heavy (non-hydrogen) atoms. The second kappa shape index (κ2) is 4.69. The Morgan fingerprint density at radius 3 is 2.50 bits per heavy atom. The van der Waals surface area contributed by atoms with Crippen LogP contribution >= 0.6 is 0 Å². The summed E-state index contributed by atoms with van der Waals surface area (Å²) in [7, 11) is 0. The lowest BCUT2D eigenvalue weighted by molar-refractivity contribution is 0.395. The maximum atomic E-state index is 2.42. The predicted octanol–water partition coefficient (Wildman–Crippen LogP) is 4.02. The highest BCUT2D eigenvalue weighted by Gasteiger charge is 2.33. The Morgan fingerprint density at radius 1 is 1.25 bits per heavy atom. The first kappa shape index (κ1) is 9.83. The van der Waals surface area contributed by atoms with Crippen LogP contribution in [0.3, 0.4) is 0 Å². The van der Waals surface area contributed by atoms with Gasteiger partial charge in [-0.2, -0.15) is 0 Å². The highest BCUT2D eigenvalue weighted by molar-refractivity contribution is 5.05. The smallest absolute Gasteiger partial charge is 0.0200 e. The molecule has 2 aliphatic carbocycles. The Kier molecular flexibility index (Phi) is 3.84. The highest BCUT2D eigenvalue weighted by Crippen LogP contribution is 2.43. The molecule has 1 fully saturated rings. The molecular formula is C12H22. The molecule has 1 saturated carbocycles. The zero-order chi connectivity index (χ0) is 8.97. The Hall–Kier alpha value is -0.260. The summed E-state index contributed by atoms with van der Waals surface area (Å²) in [5, 5.41) is 0. The molecule has 0 aromatic heterocycles. The van der Waals surface area contributed by atoms with Crippen LogP contribution in [-0.4, -0.2) is 0 Å². The molecule has 0 heterocycles. The molecule has 0 heteroatoms. The maximum Gasteiger partial charge on any atom is -0.0200 e. The van der Waals surface area contributed by atoms with Gasteiger partial charge in [0, 0.05) is 0 Å². The molecule has 0 aromatic rings. The van der Waals surface area contributed by atoms with E-state index in [-0.39, 0.29) is 0 Å². The van der Waals surface area contributed by atoms with Crippen LogP contribution in [0.1, 0.15) is 46.5 Å². The third-order valence-corrected chi connectivity index (χ3v) is 3.03. The van der Waals surface area contributed by atoms with Crippen molar-refractivity contribution in [1.82, 2.24) is 0 Å². The average Bonchev–Trinajstić information content (AvgIpc) is 2.57. The zero-order valence-electron chi connectivity index (χ0n) is 8.72. The van der Waals surface area contributed by atoms with Crippen LogP contribution in [-0.2, 0) is 0 Å². The molecule has 0 spiro atoms. The van der Waals surface area contributed by atoms with E-state index in [0.717, 1.165) is 17.8 Å². The number of allylic oxidation sites excluding steroid dienone is 2. The van der Waals surface area contributed by atoms with Gasteiger partial charge in [0.15, 0.2) is 0 Å². The molecular weight excluding hydrogens is 144 g/mol. The van der Waals surface area contributed by atoms with Crippen LogP contribution in [0.15, 0.2) is 12.2 Å². The Balaban J connectivity index is 0.000000213. The van der Waals surface area contributed by atoms with E-state index in [1.54, 1.807) is 0 Å². The Morgan fingerprint density at radius 2 is 1.92 bits per heavy atom. The molecule has 0 saturated heterocycles. The first-order chi connectivity index (χ1) is 5.79. The lowest BCUT2D eigenvalue weighted by Gasteiger charge is -2.12. The average molecular weight is 166 g/mol. The summed E-state index contributed by atoms with van der Waals surface area (Å²) >= 11 is 0. The molecule has 0 radical (unpaired) electrons. The van der Waals surface area contributed by atoms with Gasteiger partial charge in [-0.25, -0.2) is 0 Å². The fourth-order valence-corrected chi connectivity index (χ4v) is 2.36. The number of rotatable bonds is 0. The second-order valence-electron chi connectivity index (χ2n) is 4.25. The normalized spacial score (nSPS) is 37.4. The van der Waals surface area contributed by atoms with Crippen molar-refractivity contribution in [2.75, 3.05) is 0 Å². The lowest BCUT2D eigenvalue weighted by atomic mass is 9.93. The summed E-state index contributed by atoms with van der Waals surface area (Å²) in [6.07, 6.45) is 10.3. The maximum absolute atomic E-state index is 2.42. The molecule has 0 nitrogen and oxygen atoms in total. The van der Waals surface area contributed by atoms with E-state index in [0.29, 0.717) is 0 Å². The number of hydrogen-bond acceptors (Lipinski definition) is 0. The molecule has 2 rings (SSSR count). The van der Waals surface area contributed by atoms with Gasteiger partial charge < -0.3 is 0 Å². The van der Waals surface area contributed by atoms with E-state index < -0.39 is 0 Å². The van der Waals surface area contributed by atoms with Crippen molar-refractivity contribution in [3.63, 3.8) is 0 Å². The van der Waals surface area contributed by atoms with E-state index >= 15 is 0 Å². The van der Waals surface area contributed by atoms with Crippen molar-refractivity contribution in [2.45, 2.75) is 46.5 Å². The van der Waals surface area contributed by atoms with Crippen LogP contribution in [0.25, 0.3) is 0 Å². The Labute approximate surface area is 77.1 Å². The van der Waals surface area contributed by atoms with Gasteiger partial charge in [0.05, 0.1) is 0 Å². The van der Waals surface area contributed by atoms with Crippen molar-refractivity contribution in [2.24, 2.45) is 17.8 Å². The molecule has 2 aliphatic rings. The van der Waals surface area contributed by atoms with Crippen LogP contribution in [0, 0.1) is 17.8 Å². The van der Waals surface area contributed by atoms with E-state index in [1.807, 2.05) is 0 Å². The standard InChI is InChI=1S/C9H14.C3H8/c1-7-5-6-8-3-2-4-9(7)8;1-3-2/h2-3,7-9H,4-6H2,1H3;3H2,1-2H3. The van der Waals surface area contributed by atoms with Gasteiger partial charge >= 0.3 is 0 Å². The SMILES string of the molecule is CC1CCC2C=CCC12.CCC. The minimum Gasteiger partial charge on any atom is -0.0879 e. The third kappa shape index (κ3) is 2.12. The van der Waals surface area contributed by atoms with Gasteiger partial charge in [-0.3, -0.25) is 0 Å². The zero-order valence-corrected chi connectivity index (χ0v) is 8.72. The summed E-state index contributed by atoms with van der Waals surface area (Å²) in [4.78, 5) is 0. The fourth-order valence-electron chi connectivity index (χ4n) is 2.36. The van der Waals surface area contributed by atoms with Gasteiger partial charge in [-0.15, -0.1) is 0 Å². The van der Waals surface area contributed by atoms with Crippen LogP contribution in [0.2, 0.25) is 0 Å². The molecule has 70 valence electrons. The fraction of sp³-hybridized carbons (Fsp3) is 0.833. The first-order valence-corrected chi connectivity index (χ1v) is 5.46. The number of hydrogen-bond donors (Lipinski definition) is 0. The van der Waals surface area contributed by atoms with Crippen LogP contribution in [0.5, 0.6) is 0 Å². The summed E-state index contributed by atoms with van der Waals surface area (Å²) in [6, 6.07) is 0. The van der Waals surface area contributed by atoms with E-state index in [2.05, 4.69) is 32.9 Å². The summed E-state index contributed by atoms with van der Waals surface area (Å²) < 4.78 is 0. The van der Waals surface area contributed by atoms with Crippen molar-refractivity contribution in [1.29, 1.82) is 0 Å². The predicted molar refractivity (Wildman–Crippen MR) is 55.1 cm³/mol. The van der Waals surface area contributed by atoms with Gasteiger partial charge in [-0.1, -0.05) is 39.3 Å². The molecule has 0 bridgehead atoms. The molecule has 0 aromatic carbocycles. The first-order valence-electron chi connectivity index (χ1n) is 5.46. The van der Waals surface area contributed by atoms with Gasteiger partial charge in [0.1, 0.15) is 0 Å². The monoisotopic (exact) mass is 166 g/mol. The van der Waals surface area contributed by atoms with Gasteiger partial charge in [0.2, 0.25) is 0 Å². The topological polar surface area (TPSA) is 0 Å². The molecule has 3 atom stereocenters. The van der Waals surface area contributed by atoms with Crippen molar-refractivity contribution < 1.29 is 0 Å². The minimum atomic E-state index is 0.972. The second-order valence-corrected chi connectivity index (χ2v) is 4.25. The van der Waals surface area contributed by atoms with E-state index in [4.69, 9.17) is 0 Å². The van der Waals surface area contributed by atoms with Gasteiger partial charge in [-0.05, 0) is 37.0 Å².